The van der Waals surface area contributed by atoms with Gasteiger partial charge in [-0.25, -0.2) is 4.79 Å². The molecule has 26 heteroatoms. The summed E-state index contributed by atoms with van der Waals surface area (Å²) in [6.45, 7) is -0.376. The Hall–Kier alpha value is -2.39. The maximum atomic E-state index is 12.9. The van der Waals surface area contributed by atoms with Crippen molar-refractivity contribution in [3.8, 4) is 0 Å². The van der Waals surface area contributed by atoms with Crippen LogP contribution >= 0.6 is 0 Å². The van der Waals surface area contributed by atoms with Crippen molar-refractivity contribution in [1.29, 1.82) is 0 Å². The van der Waals surface area contributed by atoms with E-state index in [1.807, 2.05) is 0 Å². The Kier molecular flexibility index (Phi) is 21.5. The fourth-order valence-electron chi connectivity index (χ4n) is 8.11. The van der Waals surface area contributed by atoms with Gasteiger partial charge in [-0.15, -0.1) is 0 Å². The minimum absolute atomic E-state index is 0.0488. The lowest BCUT2D eigenvalue weighted by Crippen LogP contribution is -2.71. The number of nitrogens with one attached hydrogen (secondary N) is 1. The number of carbonyl (C=O) groups excluding carboxylic acids is 2. The van der Waals surface area contributed by atoms with Crippen LogP contribution in [0.25, 0.3) is 0 Å². The van der Waals surface area contributed by atoms with Crippen LogP contribution in [0.5, 0.6) is 0 Å². The van der Waals surface area contributed by atoms with E-state index < -0.39 is 166 Å². The van der Waals surface area contributed by atoms with Crippen LogP contribution in [0, 0.1) is 0 Å². The standard InChI is InChI=1S/C39H68N2O24/c1-16-25(49)28(52)29(53)36(59-16)63-33-24(41-17(2)45)35(58-11-9-7-5-4-6-8-10-22(48)57-3)61-21(15-44)31(33)62-37-30(54)34(27(51)20(14-43)60-37)65-39(38(55)56)12-18(46)23(40)32(64-39)26(50)19(47)13-42/h16,18-21,23-37,42-44,46-47,49-54H,4-15,40H2,1-3H3,(H,41,45)(H,55,56)/t16-,18-,19+,20+,21+,23+,24+,25+,26+,27-,28+,29-,30+,31+,32+,33+,34-,35+,36-,37-,39-/m0/s1. The van der Waals surface area contributed by atoms with Gasteiger partial charge in [0.2, 0.25) is 5.91 Å². The van der Waals surface area contributed by atoms with Gasteiger partial charge < -0.3 is 115 Å². The van der Waals surface area contributed by atoms with Crippen molar-refractivity contribution >= 4 is 17.8 Å². The van der Waals surface area contributed by atoms with E-state index >= 15 is 0 Å². The van der Waals surface area contributed by atoms with E-state index in [1.165, 1.54) is 14.0 Å². The lowest BCUT2D eigenvalue weighted by molar-refractivity contribution is -0.391. The molecule has 4 saturated heterocycles. The molecule has 0 aromatic carbocycles. The maximum Gasteiger partial charge on any atom is 0.364 e. The quantitative estimate of drug-likeness (QED) is 0.0334. The lowest BCUT2D eigenvalue weighted by atomic mass is 9.88. The van der Waals surface area contributed by atoms with E-state index in [0.717, 1.165) is 26.2 Å². The van der Waals surface area contributed by atoms with Gasteiger partial charge in [0.15, 0.2) is 18.9 Å². The molecule has 26 nitrogen and oxygen atoms in total. The first-order chi connectivity index (χ1) is 30.7. The Labute approximate surface area is 374 Å². The molecule has 0 bridgehead atoms. The highest BCUT2D eigenvalue weighted by atomic mass is 16.8. The Balaban J connectivity index is 1.64. The van der Waals surface area contributed by atoms with E-state index in [9.17, 15) is 75.7 Å². The second-order valence-corrected chi connectivity index (χ2v) is 16.7. The first-order valence-corrected chi connectivity index (χ1v) is 21.6. The van der Waals surface area contributed by atoms with Crippen molar-refractivity contribution in [2.24, 2.45) is 5.73 Å². The molecule has 4 aliphatic heterocycles. The van der Waals surface area contributed by atoms with Crippen LogP contribution in [0.3, 0.4) is 0 Å². The van der Waals surface area contributed by atoms with E-state index in [4.69, 9.17) is 43.6 Å². The van der Waals surface area contributed by atoms with E-state index in [0.29, 0.717) is 25.7 Å². The number of aliphatic carboxylic acids is 1. The van der Waals surface area contributed by atoms with Gasteiger partial charge in [0, 0.05) is 26.4 Å². The number of amides is 1. The molecule has 0 saturated carbocycles. The van der Waals surface area contributed by atoms with Gasteiger partial charge in [-0.1, -0.05) is 25.7 Å². The van der Waals surface area contributed by atoms with Crippen LogP contribution < -0.4 is 11.1 Å². The lowest BCUT2D eigenvalue weighted by Gasteiger charge is -2.51. The van der Waals surface area contributed by atoms with E-state index in [2.05, 4.69) is 10.1 Å². The Morgan fingerprint density at radius 2 is 1.37 bits per heavy atom. The molecule has 4 fully saturated rings. The zero-order chi connectivity index (χ0) is 48.3. The van der Waals surface area contributed by atoms with Crippen molar-refractivity contribution in [3.05, 3.63) is 0 Å². The molecule has 378 valence electrons. The number of aliphatic hydroxyl groups is 11. The number of carbonyl (C=O) groups is 3. The minimum atomic E-state index is -3.04. The highest BCUT2D eigenvalue weighted by Gasteiger charge is 2.60. The molecule has 0 aliphatic carbocycles. The summed E-state index contributed by atoms with van der Waals surface area (Å²) in [7, 11) is 1.32. The third-order valence-corrected chi connectivity index (χ3v) is 11.9. The van der Waals surface area contributed by atoms with Crippen molar-refractivity contribution in [1.82, 2.24) is 5.32 Å². The molecule has 4 rings (SSSR count). The van der Waals surface area contributed by atoms with Crippen molar-refractivity contribution in [2.45, 2.75) is 194 Å². The van der Waals surface area contributed by atoms with E-state index in [1.54, 1.807) is 0 Å². The Bertz CT molecular complexity index is 1490. The summed E-state index contributed by atoms with van der Waals surface area (Å²) in [5.74, 6) is -5.97. The van der Waals surface area contributed by atoms with Crippen LogP contribution in [-0.4, -0.2) is 241 Å². The number of hydrogen-bond donors (Lipinski definition) is 14. The molecule has 15 N–H and O–H groups in total. The van der Waals surface area contributed by atoms with Crippen LogP contribution in [0.1, 0.15) is 65.2 Å². The monoisotopic (exact) mass is 948 g/mol. The van der Waals surface area contributed by atoms with Gasteiger partial charge in [0.1, 0.15) is 85.4 Å². The van der Waals surface area contributed by atoms with Gasteiger partial charge in [-0.3, -0.25) is 9.59 Å². The van der Waals surface area contributed by atoms with Crippen molar-refractivity contribution < 1.29 is 118 Å². The third-order valence-electron chi connectivity index (χ3n) is 11.9. The van der Waals surface area contributed by atoms with Gasteiger partial charge in [0.05, 0.1) is 45.2 Å². The van der Waals surface area contributed by atoms with E-state index in [-0.39, 0.29) is 12.6 Å². The second kappa shape index (κ2) is 25.3. The number of hydrogen-bond acceptors (Lipinski definition) is 24. The van der Waals surface area contributed by atoms with Gasteiger partial charge >= 0.3 is 11.9 Å². The van der Waals surface area contributed by atoms with Gasteiger partial charge in [-0.2, -0.15) is 0 Å². The molecule has 0 aromatic rings. The molecule has 65 heavy (non-hydrogen) atoms. The molecule has 4 heterocycles. The average Bonchev–Trinajstić information content (AvgIpc) is 3.27. The van der Waals surface area contributed by atoms with Crippen LogP contribution in [0.4, 0.5) is 0 Å². The summed E-state index contributed by atoms with van der Waals surface area (Å²) in [5, 5.41) is 130. The Morgan fingerprint density at radius 1 is 0.769 bits per heavy atom. The zero-order valence-electron chi connectivity index (χ0n) is 36.4. The van der Waals surface area contributed by atoms with Gasteiger partial charge in [-0.05, 0) is 19.8 Å². The molecule has 0 unspecified atom stereocenters. The number of esters is 1. The SMILES string of the molecule is COC(=O)CCCCCCCCO[C@@H]1O[C@H](CO)[C@@H](O[C@@H]2O[C@H](CO)[C@H](O)[C@H](O[C@]3(C(=O)O)C[C@H](O)[C@@H](N)[C@H]([C@H](O)[C@H](O)CO)O3)[C@H]2O)[C@H](O[C@@H]2O[C@@H](C)[C@@H](O)[C@@H](O)[C@@H]2O)[C@H]1NC(C)=O. The number of nitrogens with two attached hydrogens (primary N) is 1. The topological polar surface area (TPSA) is 415 Å². The molecular formula is C39H68N2O24. The van der Waals surface area contributed by atoms with Crippen LogP contribution in [0.2, 0.25) is 0 Å². The third kappa shape index (κ3) is 13.7. The first kappa shape index (κ1) is 55.2. The number of aliphatic hydroxyl groups excluding tert-OH is 11. The summed E-state index contributed by atoms with van der Waals surface area (Å²) in [4.78, 5) is 37.0. The molecule has 0 spiro atoms. The number of rotatable bonds is 23. The molecule has 4 aliphatic rings. The summed E-state index contributed by atoms with van der Waals surface area (Å²) >= 11 is 0. The highest BCUT2D eigenvalue weighted by molar-refractivity contribution is 5.76. The predicted octanol–water partition coefficient (Wildman–Crippen LogP) is -6.48. The predicted molar refractivity (Wildman–Crippen MR) is 211 cm³/mol. The number of carboxylic acid groups (broad SMARTS) is 1. The number of methoxy groups -OCH3 is 1. The largest absolute Gasteiger partial charge is 0.477 e. The first-order valence-electron chi connectivity index (χ1n) is 21.6. The smallest absolute Gasteiger partial charge is 0.364 e. The maximum absolute atomic E-state index is 12.9. The Morgan fingerprint density at radius 3 is 1.97 bits per heavy atom. The molecular weight excluding hydrogens is 880 g/mol. The average molecular weight is 949 g/mol. The molecule has 1 amide bonds. The summed E-state index contributed by atoms with van der Waals surface area (Å²) < 4.78 is 51.9. The zero-order valence-corrected chi connectivity index (χ0v) is 36.4. The highest BCUT2D eigenvalue weighted by Crippen LogP contribution is 2.39. The second-order valence-electron chi connectivity index (χ2n) is 16.7. The minimum Gasteiger partial charge on any atom is -0.477 e. The fraction of sp³-hybridized carbons (Fsp3) is 0.923. The van der Waals surface area contributed by atoms with Crippen LogP contribution in [-0.2, 0) is 57.0 Å². The normalized spacial score (nSPS) is 41.0. The summed E-state index contributed by atoms with van der Waals surface area (Å²) in [6.07, 6.45) is -29.0. The molecule has 0 aromatic heterocycles. The van der Waals surface area contributed by atoms with Gasteiger partial charge in [0.25, 0.3) is 5.79 Å². The molecule has 21 atom stereocenters. The van der Waals surface area contributed by atoms with Crippen LogP contribution in [0.15, 0.2) is 0 Å². The number of carboxylic acids is 1. The summed E-state index contributed by atoms with van der Waals surface area (Å²) in [5.41, 5.74) is 5.96. The molecule has 0 radical (unpaired) electrons. The van der Waals surface area contributed by atoms with Crippen molar-refractivity contribution in [2.75, 3.05) is 33.5 Å². The van der Waals surface area contributed by atoms with Crippen molar-refractivity contribution in [3.63, 3.8) is 0 Å². The number of ether oxygens (including phenoxy) is 9. The fourth-order valence-corrected chi connectivity index (χ4v) is 8.11. The summed E-state index contributed by atoms with van der Waals surface area (Å²) in [6, 6.07) is -2.96. The number of unbranched alkanes of at least 4 members (excludes halogenated alkanes) is 5.